The second-order valence-electron chi connectivity index (χ2n) is 7.22. The third-order valence-electron chi connectivity index (χ3n) is 5.26. The fourth-order valence-corrected chi connectivity index (χ4v) is 3.71. The summed E-state index contributed by atoms with van der Waals surface area (Å²) in [4.78, 5) is 21.2. The Morgan fingerprint density at radius 1 is 1.13 bits per heavy atom. The van der Waals surface area contributed by atoms with Crippen molar-refractivity contribution >= 4 is 23.2 Å². The summed E-state index contributed by atoms with van der Waals surface area (Å²) in [6.07, 6.45) is 0.0966. The molecule has 1 aromatic heterocycles. The molecule has 7 nitrogen and oxygen atoms in total. The molecule has 0 atom stereocenters. The molecule has 3 aromatic rings. The van der Waals surface area contributed by atoms with E-state index in [9.17, 15) is 4.79 Å². The fraction of sp³-hybridized carbons (Fsp3) is 0.318. The number of anilines is 1. The first-order valence-corrected chi connectivity index (χ1v) is 10.2. The van der Waals surface area contributed by atoms with E-state index in [0.29, 0.717) is 24.8 Å². The van der Waals surface area contributed by atoms with Crippen LogP contribution in [0, 0.1) is 6.92 Å². The van der Waals surface area contributed by atoms with Gasteiger partial charge in [-0.25, -0.2) is 0 Å². The Hall–Kier alpha value is -3.06. The summed E-state index contributed by atoms with van der Waals surface area (Å²) in [5.74, 6) is 1.52. The zero-order valence-electron chi connectivity index (χ0n) is 17.0. The lowest BCUT2D eigenvalue weighted by Gasteiger charge is -2.36. The zero-order valence-corrected chi connectivity index (χ0v) is 17.7. The van der Waals surface area contributed by atoms with Crippen LogP contribution in [0.3, 0.4) is 0 Å². The largest absolute Gasteiger partial charge is 0.497 e. The maximum Gasteiger partial charge on any atom is 0.236 e. The molecule has 1 amide bonds. The Bertz CT molecular complexity index is 1030. The number of nitrogens with zero attached hydrogens (tertiary/aromatic N) is 4. The number of carbonyl (C=O) groups is 1. The smallest absolute Gasteiger partial charge is 0.236 e. The fourth-order valence-electron chi connectivity index (χ4n) is 3.55. The Morgan fingerprint density at radius 2 is 1.87 bits per heavy atom. The molecule has 0 aliphatic carbocycles. The Kier molecular flexibility index (Phi) is 5.90. The second kappa shape index (κ2) is 8.75. The molecule has 2 aromatic carbocycles. The number of rotatable bonds is 5. The molecule has 8 heteroatoms. The van der Waals surface area contributed by atoms with Crippen LogP contribution in [0.1, 0.15) is 11.5 Å². The number of benzene rings is 2. The average molecular weight is 427 g/mol. The first kappa shape index (κ1) is 20.2. The number of piperazine rings is 1. The van der Waals surface area contributed by atoms with Crippen molar-refractivity contribution in [2.45, 2.75) is 13.3 Å². The minimum Gasteiger partial charge on any atom is -0.497 e. The molecule has 0 spiro atoms. The third-order valence-corrected chi connectivity index (χ3v) is 5.50. The molecule has 30 heavy (non-hydrogen) atoms. The zero-order chi connectivity index (χ0) is 21.1. The van der Waals surface area contributed by atoms with Crippen molar-refractivity contribution in [3.8, 4) is 17.1 Å². The normalized spacial score (nSPS) is 14.1. The Balaban J connectivity index is 1.35. The molecule has 0 radical (unpaired) electrons. The molecular formula is C22H23ClN4O3. The van der Waals surface area contributed by atoms with Gasteiger partial charge in [0, 0.05) is 42.5 Å². The molecule has 1 fully saturated rings. The van der Waals surface area contributed by atoms with Crippen molar-refractivity contribution in [2.75, 3.05) is 38.2 Å². The van der Waals surface area contributed by atoms with E-state index in [1.54, 1.807) is 7.11 Å². The van der Waals surface area contributed by atoms with E-state index in [-0.39, 0.29) is 12.3 Å². The number of aromatic nitrogens is 2. The first-order valence-electron chi connectivity index (χ1n) is 9.79. The van der Waals surface area contributed by atoms with Gasteiger partial charge < -0.3 is 19.1 Å². The molecule has 1 aliphatic heterocycles. The van der Waals surface area contributed by atoms with Crippen molar-refractivity contribution in [2.24, 2.45) is 0 Å². The van der Waals surface area contributed by atoms with E-state index < -0.39 is 0 Å². The van der Waals surface area contributed by atoms with Gasteiger partial charge in [-0.2, -0.15) is 4.98 Å². The number of methoxy groups -OCH3 is 1. The van der Waals surface area contributed by atoms with E-state index >= 15 is 0 Å². The highest BCUT2D eigenvalue weighted by atomic mass is 35.5. The van der Waals surface area contributed by atoms with Gasteiger partial charge in [0.1, 0.15) is 12.2 Å². The lowest BCUT2D eigenvalue weighted by molar-refractivity contribution is -0.131. The molecule has 1 aliphatic rings. The molecule has 1 saturated heterocycles. The van der Waals surface area contributed by atoms with Crippen LogP contribution in [-0.4, -0.2) is 54.2 Å². The maximum atomic E-state index is 12.7. The number of amides is 1. The predicted octanol–water partition coefficient (Wildman–Crippen LogP) is 3.60. The monoisotopic (exact) mass is 426 g/mol. The Labute approximate surface area is 180 Å². The molecular weight excluding hydrogens is 404 g/mol. The first-order chi connectivity index (χ1) is 14.5. The van der Waals surface area contributed by atoms with Gasteiger partial charge in [0.15, 0.2) is 0 Å². The minimum atomic E-state index is -0.0117. The van der Waals surface area contributed by atoms with Crippen LogP contribution in [0.25, 0.3) is 11.4 Å². The van der Waals surface area contributed by atoms with Gasteiger partial charge in [0.25, 0.3) is 0 Å². The molecule has 4 rings (SSSR count). The summed E-state index contributed by atoms with van der Waals surface area (Å²) in [5, 5.41) is 4.71. The van der Waals surface area contributed by atoms with Gasteiger partial charge in [0.2, 0.25) is 17.6 Å². The SMILES string of the molecule is COc1ccc(-c2noc(CC(=O)N3CCN(c4cc(Cl)ccc4C)CC3)n2)cc1. The summed E-state index contributed by atoms with van der Waals surface area (Å²) in [5.41, 5.74) is 3.11. The number of carbonyl (C=O) groups excluding carboxylic acids is 1. The number of hydrogen-bond donors (Lipinski definition) is 0. The number of halogens is 1. The van der Waals surface area contributed by atoms with Gasteiger partial charge >= 0.3 is 0 Å². The summed E-state index contributed by atoms with van der Waals surface area (Å²) in [6.45, 7) is 4.87. The molecule has 2 heterocycles. The van der Waals surface area contributed by atoms with Gasteiger partial charge in [-0.15, -0.1) is 0 Å². The van der Waals surface area contributed by atoms with Crippen LogP contribution in [0.15, 0.2) is 47.0 Å². The van der Waals surface area contributed by atoms with Gasteiger partial charge in [0.05, 0.1) is 7.11 Å². The van der Waals surface area contributed by atoms with Crippen molar-refractivity contribution in [1.29, 1.82) is 0 Å². The molecule has 0 unspecified atom stereocenters. The molecule has 0 bridgehead atoms. The average Bonchev–Trinajstić information content (AvgIpc) is 3.24. The number of hydrogen-bond acceptors (Lipinski definition) is 6. The second-order valence-corrected chi connectivity index (χ2v) is 7.65. The van der Waals surface area contributed by atoms with Crippen molar-refractivity contribution < 1.29 is 14.1 Å². The molecule has 0 saturated carbocycles. The van der Waals surface area contributed by atoms with E-state index in [1.165, 1.54) is 5.56 Å². The van der Waals surface area contributed by atoms with E-state index in [2.05, 4.69) is 22.0 Å². The van der Waals surface area contributed by atoms with Crippen LogP contribution in [0.2, 0.25) is 5.02 Å². The van der Waals surface area contributed by atoms with Crippen LogP contribution in [-0.2, 0) is 11.2 Å². The highest BCUT2D eigenvalue weighted by Crippen LogP contribution is 2.25. The van der Waals surface area contributed by atoms with Crippen LogP contribution < -0.4 is 9.64 Å². The summed E-state index contributed by atoms with van der Waals surface area (Å²) in [7, 11) is 1.61. The van der Waals surface area contributed by atoms with Crippen molar-refractivity contribution in [3.05, 3.63) is 58.9 Å². The third kappa shape index (κ3) is 4.41. The summed E-state index contributed by atoms with van der Waals surface area (Å²) in [6, 6.07) is 13.3. The van der Waals surface area contributed by atoms with Crippen LogP contribution >= 0.6 is 11.6 Å². The highest BCUT2D eigenvalue weighted by Gasteiger charge is 2.24. The maximum absolute atomic E-state index is 12.7. The molecule has 156 valence electrons. The van der Waals surface area contributed by atoms with Gasteiger partial charge in [-0.1, -0.05) is 22.8 Å². The lowest BCUT2D eigenvalue weighted by Crippen LogP contribution is -2.49. The van der Waals surface area contributed by atoms with Crippen LogP contribution in [0.5, 0.6) is 5.75 Å². The number of ether oxygens (including phenoxy) is 1. The quantitative estimate of drug-likeness (QED) is 0.620. The van der Waals surface area contributed by atoms with Crippen molar-refractivity contribution in [3.63, 3.8) is 0 Å². The van der Waals surface area contributed by atoms with Gasteiger partial charge in [-0.3, -0.25) is 4.79 Å². The number of aryl methyl sites for hydroxylation is 1. The lowest BCUT2D eigenvalue weighted by atomic mass is 10.1. The van der Waals surface area contributed by atoms with Gasteiger partial charge in [-0.05, 0) is 48.9 Å². The van der Waals surface area contributed by atoms with Crippen LogP contribution in [0.4, 0.5) is 5.69 Å². The summed E-state index contributed by atoms with van der Waals surface area (Å²) < 4.78 is 10.4. The van der Waals surface area contributed by atoms with E-state index in [1.807, 2.05) is 47.4 Å². The predicted molar refractivity (Wildman–Crippen MR) is 115 cm³/mol. The van der Waals surface area contributed by atoms with E-state index in [0.717, 1.165) is 35.1 Å². The molecule has 0 N–H and O–H groups in total. The van der Waals surface area contributed by atoms with Crippen molar-refractivity contribution in [1.82, 2.24) is 15.0 Å². The topological polar surface area (TPSA) is 71.7 Å². The van der Waals surface area contributed by atoms with E-state index in [4.69, 9.17) is 20.9 Å². The summed E-state index contributed by atoms with van der Waals surface area (Å²) >= 11 is 6.15. The Morgan fingerprint density at radius 3 is 2.57 bits per heavy atom. The highest BCUT2D eigenvalue weighted by molar-refractivity contribution is 6.30. The minimum absolute atomic E-state index is 0.0117. The standard InChI is InChI=1S/C22H23ClN4O3/c1-15-3-6-17(23)13-19(15)26-9-11-27(12-10-26)21(28)14-20-24-22(25-30-20)16-4-7-18(29-2)8-5-16/h3-8,13H,9-12,14H2,1-2H3.